The van der Waals surface area contributed by atoms with Gasteiger partial charge in [-0.1, -0.05) is 37.3 Å². The Bertz CT molecular complexity index is 1150. The molecule has 7 nitrogen and oxygen atoms in total. The zero-order valence-electron chi connectivity index (χ0n) is 18.7. The molecule has 2 aromatic heterocycles. The van der Waals surface area contributed by atoms with Crippen molar-refractivity contribution in [1.82, 2.24) is 19.8 Å². The van der Waals surface area contributed by atoms with Crippen molar-refractivity contribution in [2.75, 3.05) is 26.2 Å². The number of benzene rings is 1. The summed E-state index contributed by atoms with van der Waals surface area (Å²) in [6.07, 6.45) is 6.39. The van der Waals surface area contributed by atoms with E-state index in [9.17, 15) is 14.4 Å². The SMILES string of the molecule is CCCN1CCN(C(=O)c2ccc(=O)[nH]c2)C[C@@H](Cc2ccccc2-c2cccnc2)C1=O. The molecule has 1 saturated heterocycles. The molecule has 1 N–H and O–H groups in total. The molecule has 1 aliphatic heterocycles. The van der Waals surface area contributed by atoms with Crippen LogP contribution in [0.4, 0.5) is 0 Å². The molecule has 0 radical (unpaired) electrons. The van der Waals surface area contributed by atoms with Gasteiger partial charge in [0.05, 0.1) is 11.5 Å². The van der Waals surface area contributed by atoms with Gasteiger partial charge in [-0.3, -0.25) is 19.4 Å². The minimum Gasteiger partial charge on any atom is -0.341 e. The van der Waals surface area contributed by atoms with Gasteiger partial charge < -0.3 is 14.8 Å². The van der Waals surface area contributed by atoms with Crippen molar-refractivity contribution < 1.29 is 9.59 Å². The lowest BCUT2D eigenvalue weighted by molar-refractivity contribution is -0.134. The highest BCUT2D eigenvalue weighted by Gasteiger charge is 2.32. The van der Waals surface area contributed by atoms with E-state index in [4.69, 9.17) is 0 Å². The highest BCUT2D eigenvalue weighted by Crippen LogP contribution is 2.27. The maximum Gasteiger partial charge on any atom is 0.255 e. The molecule has 1 fully saturated rings. The minimum atomic E-state index is -0.358. The minimum absolute atomic E-state index is 0.0783. The Hall–Kier alpha value is -3.74. The molecule has 0 unspecified atom stereocenters. The molecule has 3 heterocycles. The van der Waals surface area contributed by atoms with E-state index in [0.29, 0.717) is 38.2 Å². The number of nitrogens with one attached hydrogen (secondary N) is 1. The van der Waals surface area contributed by atoms with Crippen molar-refractivity contribution in [1.29, 1.82) is 0 Å². The van der Waals surface area contributed by atoms with Crippen molar-refractivity contribution in [2.45, 2.75) is 19.8 Å². The Morgan fingerprint density at radius 3 is 2.67 bits per heavy atom. The topological polar surface area (TPSA) is 86.4 Å². The van der Waals surface area contributed by atoms with Crippen LogP contribution in [0.15, 0.2) is 71.9 Å². The Morgan fingerprint density at radius 2 is 1.94 bits per heavy atom. The lowest BCUT2D eigenvalue weighted by atomic mass is 9.91. The summed E-state index contributed by atoms with van der Waals surface area (Å²) in [4.78, 5) is 48.5. The third-order valence-corrected chi connectivity index (χ3v) is 6.01. The summed E-state index contributed by atoms with van der Waals surface area (Å²) in [5.41, 5.74) is 3.26. The number of aromatic amines is 1. The van der Waals surface area contributed by atoms with E-state index in [0.717, 1.165) is 23.1 Å². The third-order valence-electron chi connectivity index (χ3n) is 6.01. The second kappa shape index (κ2) is 10.3. The van der Waals surface area contributed by atoms with E-state index < -0.39 is 0 Å². The smallest absolute Gasteiger partial charge is 0.255 e. The van der Waals surface area contributed by atoms with E-state index in [1.54, 1.807) is 11.1 Å². The van der Waals surface area contributed by atoms with Gasteiger partial charge in [0.2, 0.25) is 11.5 Å². The van der Waals surface area contributed by atoms with Crippen LogP contribution in [0.3, 0.4) is 0 Å². The highest BCUT2D eigenvalue weighted by molar-refractivity contribution is 5.94. The summed E-state index contributed by atoms with van der Waals surface area (Å²) in [6, 6.07) is 14.8. The Kier molecular flexibility index (Phi) is 6.98. The van der Waals surface area contributed by atoms with Gasteiger partial charge in [0, 0.05) is 56.4 Å². The average molecular weight is 445 g/mol. The zero-order chi connectivity index (χ0) is 23.2. The fourth-order valence-corrected chi connectivity index (χ4v) is 4.37. The normalized spacial score (nSPS) is 16.5. The summed E-state index contributed by atoms with van der Waals surface area (Å²) in [6.45, 7) is 4.01. The molecule has 1 aromatic carbocycles. The van der Waals surface area contributed by atoms with Crippen LogP contribution in [0, 0.1) is 5.92 Å². The van der Waals surface area contributed by atoms with E-state index >= 15 is 0 Å². The van der Waals surface area contributed by atoms with Crippen LogP contribution in [-0.4, -0.2) is 57.8 Å². The van der Waals surface area contributed by atoms with E-state index in [1.807, 2.05) is 54.4 Å². The number of aromatic nitrogens is 2. The average Bonchev–Trinajstić information content (AvgIpc) is 2.99. The van der Waals surface area contributed by atoms with Crippen molar-refractivity contribution in [2.24, 2.45) is 5.92 Å². The summed E-state index contributed by atoms with van der Waals surface area (Å²) >= 11 is 0. The number of hydrogen-bond donors (Lipinski definition) is 1. The predicted octanol–water partition coefficient (Wildman–Crippen LogP) is 2.99. The molecular weight excluding hydrogens is 416 g/mol. The fraction of sp³-hybridized carbons (Fsp3) is 0.308. The molecule has 4 rings (SSSR count). The van der Waals surface area contributed by atoms with Crippen molar-refractivity contribution in [3.63, 3.8) is 0 Å². The number of rotatable bonds is 6. The number of pyridine rings is 2. The monoisotopic (exact) mass is 444 g/mol. The number of amides is 2. The number of hydrogen-bond acceptors (Lipinski definition) is 4. The lowest BCUT2D eigenvalue weighted by Gasteiger charge is -2.24. The number of carbonyl (C=O) groups is 2. The first-order valence-electron chi connectivity index (χ1n) is 11.3. The van der Waals surface area contributed by atoms with E-state index in [2.05, 4.69) is 9.97 Å². The number of carbonyl (C=O) groups excluding carboxylic acids is 2. The second-order valence-corrected chi connectivity index (χ2v) is 8.32. The zero-order valence-corrected chi connectivity index (χ0v) is 18.7. The van der Waals surface area contributed by atoms with Gasteiger partial charge in [-0.15, -0.1) is 0 Å². The van der Waals surface area contributed by atoms with Crippen LogP contribution in [0.1, 0.15) is 29.3 Å². The van der Waals surface area contributed by atoms with Gasteiger partial charge in [0.1, 0.15) is 0 Å². The largest absolute Gasteiger partial charge is 0.341 e. The molecule has 0 aliphatic carbocycles. The molecule has 170 valence electrons. The molecule has 3 aromatic rings. The van der Waals surface area contributed by atoms with Gasteiger partial charge in [0.25, 0.3) is 5.91 Å². The Balaban J connectivity index is 1.63. The predicted molar refractivity (Wildman–Crippen MR) is 127 cm³/mol. The van der Waals surface area contributed by atoms with Crippen LogP contribution in [0.2, 0.25) is 0 Å². The van der Waals surface area contributed by atoms with Gasteiger partial charge in [-0.05, 0) is 36.1 Å². The first-order chi connectivity index (χ1) is 16.1. The molecule has 0 saturated carbocycles. The highest BCUT2D eigenvalue weighted by atomic mass is 16.2. The van der Waals surface area contributed by atoms with Gasteiger partial charge in [-0.25, -0.2) is 0 Å². The Labute approximate surface area is 193 Å². The maximum atomic E-state index is 13.5. The molecular formula is C26H28N4O3. The first-order valence-corrected chi connectivity index (χ1v) is 11.3. The standard InChI is InChI=1S/C26H28N4O3/c1-2-12-29-13-14-30(25(32)21-9-10-24(31)28-17-21)18-22(26(29)33)15-19-6-3-4-8-23(19)20-7-5-11-27-16-20/h3-11,16-17,22H,2,12-15,18H2,1H3,(H,28,31)/t22-/m1/s1. The van der Waals surface area contributed by atoms with Crippen LogP contribution < -0.4 is 5.56 Å². The molecule has 1 atom stereocenters. The fourth-order valence-electron chi connectivity index (χ4n) is 4.37. The van der Waals surface area contributed by atoms with Crippen molar-refractivity contribution >= 4 is 11.8 Å². The lowest BCUT2D eigenvalue weighted by Crippen LogP contribution is -2.38. The molecule has 7 heteroatoms. The molecule has 0 bridgehead atoms. The van der Waals surface area contributed by atoms with Crippen LogP contribution in [0.5, 0.6) is 0 Å². The number of nitrogens with zero attached hydrogens (tertiary/aromatic N) is 3. The Morgan fingerprint density at radius 1 is 1.09 bits per heavy atom. The van der Waals surface area contributed by atoms with Crippen molar-refractivity contribution in [3.05, 3.63) is 88.6 Å². The first kappa shape index (κ1) is 22.5. The van der Waals surface area contributed by atoms with E-state index in [-0.39, 0.29) is 23.3 Å². The second-order valence-electron chi connectivity index (χ2n) is 8.32. The van der Waals surface area contributed by atoms with Crippen molar-refractivity contribution in [3.8, 4) is 11.1 Å². The third kappa shape index (κ3) is 5.19. The van der Waals surface area contributed by atoms with Crippen LogP contribution in [0.25, 0.3) is 11.1 Å². The molecule has 0 spiro atoms. The van der Waals surface area contributed by atoms with Gasteiger partial charge in [-0.2, -0.15) is 0 Å². The quantitative estimate of drug-likeness (QED) is 0.633. The summed E-state index contributed by atoms with van der Waals surface area (Å²) in [5, 5.41) is 0. The van der Waals surface area contributed by atoms with Gasteiger partial charge >= 0.3 is 0 Å². The van der Waals surface area contributed by atoms with Gasteiger partial charge in [0.15, 0.2) is 0 Å². The van der Waals surface area contributed by atoms with Crippen LogP contribution in [-0.2, 0) is 11.2 Å². The number of H-pyrrole nitrogens is 1. The summed E-state index contributed by atoms with van der Waals surface area (Å²) in [5.74, 6) is -0.457. The molecule has 2 amide bonds. The molecule has 33 heavy (non-hydrogen) atoms. The van der Waals surface area contributed by atoms with E-state index in [1.165, 1.54) is 18.3 Å². The summed E-state index contributed by atoms with van der Waals surface area (Å²) in [7, 11) is 0. The maximum absolute atomic E-state index is 13.5. The molecule has 1 aliphatic rings. The summed E-state index contributed by atoms with van der Waals surface area (Å²) < 4.78 is 0. The van der Waals surface area contributed by atoms with Crippen LogP contribution >= 0.6 is 0 Å².